The molecule has 1 atom stereocenters. The molecule has 1 aliphatic rings. The molecule has 1 saturated heterocycles. The van der Waals surface area contributed by atoms with Gasteiger partial charge in [0.2, 0.25) is 0 Å². The van der Waals surface area contributed by atoms with Crippen molar-refractivity contribution in [3.8, 4) is 5.75 Å². The quantitative estimate of drug-likeness (QED) is 0.888. The lowest BCUT2D eigenvalue weighted by atomic mass is 10.0. The van der Waals surface area contributed by atoms with Gasteiger partial charge < -0.3 is 15.3 Å². The minimum absolute atomic E-state index is 0.121. The van der Waals surface area contributed by atoms with Crippen molar-refractivity contribution in [2.24, 2.45) is 0 Å². The number of phenolic OH excluding ortho intramolecular Hbond substituents is 1. The van der Waals surface area contributed by atoms with E-state index >= 15 is 0 Å². The summed E-state index contributed by atoms with van der Waals surface area (Å²) in [5, 5.41) is 11.9. The Bertz CT molecular complexity index is 794. The van der Waals surface area contributed by atoms with Gasteiger partial charge in [0.25, 0.3) is 5.91 Å². The fourth-order valence-corrected chi connectivity index (χ4v) is 3.24. The number of hydrogen-bond donors (Lipinski definition) is 2. The molecule has 0 bridgehead atoms. The molecule has 2 aromatic rings. The van der Waals surface area contributed by atoms with Gasteiger partial charge in [0.1, 0.15) is 17.4 Å². The highest BCUT2D eigenvalue weighted by atomic mass is 19.1. The largest absolute Gasteiger partial charge is 0.508 e. The van der Waals surface area contributed by atoms with Crippen LogP contribution in [-0.4, -0.2) is 28.6 Å². The Labute approximate surface area is 146 Å². The van der Waals surface area contributed by atoms with Crippen molar-refractivity contribution in [3.63, 3.8) is 0 Å². The third kappa shape index (κ3) is 3.73. The molecule has 0 saturated carbocycles. The maximum Gasteiger partial charge on any atom is 0.258 e. The van der Waals surface area contributed by atoms with E-state index in [1.807, 2.05) is 13.0 Å². The van der Waals surface area contributed by atoms with Crippen LogP contribution >= 0.6 is 0 Å². The van der Waals surface area contributed by atoms with Crippen LogP contribution in [0.1, 0.15) is 42.1 Å². The summed E-state index contributed by atoms with van der Waals surface area (Å²) in [7, 11) is 0. The van der Waals surface area contributed by atoms with Crippen molar-refractivity contribution in [3.05, 3.63) is 47.4 Å². The van der Waals surface area contributed by atoms with Crippen molar-refractivity contribution in [1.82, 2.24) is 4.98 Å². The highest BCUT2D eigenvalue weighted by molar-refractivity contribution is 6.04. The van der Waals surface area contributed by atoms with Crippen LogP contribution in [0.3, 0.4) is 0 Å². The van der Waals surface area contributed by atoms with Gasteiger partial charge in [0.05, 0.1) is 17.4 Å². The first-order valence-electron chi connectivity index (χ1n) is 8.49. The molecule has 1 aromatic carbocycles. The molecular weight excluding hydrogens is 321 g/mol. The first-order chi connectivity index (χ1) is 12.0. The van der Waals surface area contributed by atoms with E-state index < -0.39 is 11.7 Å². The molecule has 2 heterocycles. The molecule has 1 fully saturated rings. The zero-order chi connectivity index (χ0) is 18.0. The fraction of sp³-hybridized carbons (Fsp3) is 0.368. The van der Waals surface area contributed by atoms with Crippen molar-refractivity contribution in [1.29, 1.82) is 0 Å². The SMILES string of the molecule is Cc1cc(NC(=O)c2ccc(O)cc2F)cnc1N1CCCCC1C. The summed E-state index contributed by atoms with van der Waals surface area (Å²) in [6.07, 6.45) is 5.15. The van der Waals surface area contributed by atoms with E-state index in [0.717, 1.165) is 36.8 Å². The van der Waals surface area contributed by atoms with Crippen LogP contribution in [0.2, 0.25) is 0 Å². The van der Waals surface area contributed by atoms with Gasteiger partial charge in [-0.2, -0.15) is 0 Å². The Morgan fingerprint density at radius 2 is 2.16 bits per heavy atom. The lowest BCUT2D eigenvalue weighted by Crippen LogP contribution is -2.38. The fourth-order valence-electron chi connectivity index (χ4n) is 3.24. The van der Waals surface area contributed by atoms with E-state index in [2.05, 4.69) is 22.1 Å². The number of amides is 1. The number of carbonyl (C=O) groups is 1. The number of rotatable bonds is 3. The predicted molar refractivity (Wildman–Crippen MR) is 95.7 cm³/mol. The van der Waals surface area contributed by atoms with Gasteiger partial charge in [-0.1, -0.05) is 0 Å². The molecule has 5 nitrogen and oxygen atoms in total. The number of piperidine rings is 1. The van der Waals surface area contributed by atoms with Gasteiger partial charge >= 0.3 is 0 Å². The van der Waals surface area contributed by atoms with Gasteiger partial charge in [-0.15, -0.1) is 0 Å². The third-order valence-electron chi connectivity index (χ3n) is 4.58. The number of nitrogens with zero attached hydrogens (tertiary/aromatic N) is 2. The molecular formula is C19H22FN3O2. The lowest BCUT2D eigenvalue weighted by molar-refractivity contribution is 0.102. The normalized spacial score (nSPS) is 17.4. The van der Waals surface area contributed by atoms with Crippen LogP contribution in [-0.2, 0) is 0 Å². The lowest BCUT2D eigenvalue weighted by Gasteiger charge is -2.35. The number of aryl methyl sites for hydroxylation is 1. The third-order valence-corrected chi connectivity index (χ3v) is 4.58. The molecule has 132 valence electrons. The van der Waals surface area contributed by atoms with Gasteiger partial charge in [0.15, 0.2) is 0 Å². The number of carbonyl (C=O) groups excluding carboxylic acids is 1. The first-order valence-corrected chi connectivity index (χ1v) is 8.49. The van der Waals surface area contributed by atoms with Gasteiger partial charge in [0, 0.05) is 18.7 Å². The maximum atomic E-state index is 13.8. The minimum Gasteiger partial charge on any atom is -0.508 e. The number of benzene rings is 1. The number of aromatic hydroxyl groups is 1. The molecule has 6 heteroatoms. The molecule has 0 spiro atoms. The van der Waals surface area contributed by atoms with E-state index in [0.29, 0.717) is 11.7 Å². The number of hydrogen-bond acceptors (Lipinski definition) is 4. The number of halogens is 1. The number of pyridine rings is 1. The summed E-state index contributed by atoms with van der Waals surface area (Å²) < 4.78 is 13.8. The highest BCUT2D eigenvalue weighted by Gasteiger charge is 2.21. The second-order valence-corrected chi connectivity index (χ2v) is 6.52. The molecule has 1 aliphatic heterocycles. The van der Waals surface area contributed by atoms with Crippen LogP contribution in [0.15, 0.2) is 30.5 Å². The zero-order valence-corrected chi connectivity index (χ0v) is 14.4. The molecule has 0 radical (unpaired) electrons. The topological polar surface area (TPSA) is 65.5 Å². The standard InChI is InChI=1S/C19H22FN3O2/c1-12-9-14(11-21-18(12)23-8-4-3-5-13(23)2)22-19(25)16-7-6-15(24)10-17(16)20/h6-7,9-11,13,24H,3-5,8H2,1-2H3,(H,22,25). The molecule has 2 N–H and O–H groups in total. The van der Waals surface area contributed by atoms with Gasteiger partial charge in [-0.3, -0.25) is 4.79 Å². The number of nitrogens with one attached hydrogen (secondary N) is 1. The molecule has 0 aliphatic carbocycles. The van der Waals surface area contributed by atoms with Crippen LogP contribution in [0.4, 0.5) is 15.9 Å². The average molecular weight is 343 g/mol. The number of aromatic nitrogens is 1. The van der Waals surface area contributed by atoms with Crippen LogP contribution in [0.5, 0.6) is 5.75 Å². The summed E-state index contributed by atoms with van der Waals surface area (Å²) in [4.78, 5) is 19.0. The Kier molecular flexibility index (Phi) is 4.88. The van der Waals surface area contributed by atoms with Gasteiger partial charge in [-0.05, 0) is 56.9 Å². The monoisotopic (exact) mass is 343 g/mol. The Morgan fingerprint density at radius 3 is 2.84 bits per heavy atom. The summed E-state index contributed by atoms with van der Waals surface area (Å²) >= 11 is 0. The first kappa shape index (κ1) is 17.2. The van der Waals surface area contributed by atoms with E-state index in [-0.39, 0.29) is 11.3 Å². The highest BCUT2D eigenvalue weighted by Crippen LogP contribution is 2.27. The van der Waals surface area contributed by atoms with E-state index in [9.17, 15) is 14.3 Å². The Hall–Kier alpha value is -2.63. The Balaban J connectivity index is 1.77. The van der Waals surface area contributed by atoms with Gasteiger partial charge in [-0.25, -0.2) is 9.37 Å². The predicted octanol–water partition coefficient (Wildman–Crippen LogP) is 3.87. The van der Waals surface area contributed by atoms with E-state index in [1.165, 1.54) is 18.6 Å². The van der Waals surface area contributed by atoms with Crippen molar-refractivity contribution < 1.29 is 14.3 Å². The molecule has 1 amide bonds. The second-order valence-electron chi connectivity index (χ2n) is 6.52. The minimum atomic E-state index is -0.763. The van der Waals surface area contributed by atoms with E-state index in [4.69, 9.17) is 0 Å². The molecule has 3 rings (SSSR count). The Morgan fingerprint density at radius 1 is 1.36 bits per heavy atom. The summed E-state index contributed by atoms with van der Waals surface area (Å²) in [5.74, 6) is -0.619. The van der Waals surface area contributed by atoms with Crippen LogP contribution in [0.25, 0.3) is 0 Å². The number of phenols is 1. The van der Waals surface area contributed by atoms with Crippen LogP contribution < -0.4 is 10.2 Å². The molecule has 1 unspecified atom stereocenters. The number of anilines is 2. The smallest absolute Gasteiger partial charge is 0.258 e. The van der Waals surface area contributed by atoms with Crippen molar-refractivity contribution in [2.75, 3.05) is 16.8 Å². The molecule has 25 heavy (non-hydrogen) atoms. The van der Waals surface area contributed by atoms with E-state index in [1.54, 1.807) is 6.20 Å². The molecule has 1 aromatic heterocycles. The van der Waals surface area contributed by atoms with Crippen LogP contribution in [0, 0.1) is 12.7 Å². The summed E-state index contributed by atoms with van der Waals surface area (Å²) in [6.45, 7) is 5.14. The zero-order valence-electron chi connectivity index (χ0n) is 14.4. The summed E-state index contributed by atoms with van der Waals surface area (Å²) in [6, 6.07) is 5.75. The van der Waals surface area contributed by atoms with Crippen molar-refractivity contribution >= 4 is 17.4 Å². The maximum absolute atomic E-state index is 13.8. The summed E-state index contributed by atoms with van der Waals surface area (Å²) in [5.41, 5.74) is 1.37. The van der Waals surface area contributed by atoms with Crippen molar-refractivity contribution in [2.45, 2.75) is 39.2 Å². The average Bonchev–Trinajstić information content (AvgIpc) is 2.56. The second kappa shape index (κ2) is 7.09.